The van der Waals surface area contributed by atoms with E-state index in [0.717, 1.165) is 0 Å². The SMILES string of the molecule is NC(=O)c1ccccn1.NC(=O)c1ccccn1.O=C(O)CCC(=O)O. The van der Waals surface area contributed by atoms with Crippen LogP contribution < -0.4 is 11.5 Å². The molecule has 0 spiro atoms. The lowest BCUT2D eigenvalue weighted by atomic mass is 10.3. The number of hydrogen-bond donors (Lipinski definition) is 4. The van der Waals surface area contributed by atoms with Crippen molar-refractivity contribution in [2.45, 2.75) is 12.8 Å². The molecule has 0 saturated carbocycles. The van der Waals surface area contributed by atoms with Crippen molar-refractivity contribution >= 4 is 23.8 Å². The molecule has 0 radical (unpaired) electrons. The minimum Gasteiger partial charge on any atom is -0.481 e. The van der Waals surface area contributed by atoms with Crippen LogP contribution in [0, 0.1) is 0 Å². The minimum absolute atomic E-state index is 0.296. The summed E-state index contributed by atoms with van der Waals surface area (Å²) in [5.74, 6) is -3.13. The molecular formula is C16H18N4O6. The van der Waals surface area contributed by atoms with Gasteiger partial charge in [0.05, 0.1) is 12.8 Å². The highest BCUT2D eigenvalue weighted by Gasteiger charge is 2.00. The van der Waals surface area contributed by atoms with E-state index in [4.69, 9.17) is 21.7 Å². The Bertz CT molecular complexity index is 659. The van der Waals surface area contributed by atoms with Crippen molar-refractivity contribution in [3.8, 4) is 0 Å². The Balaban J connectivity index is 0.000000362. The van der Waals surface area contributed by atoms with E-state index in [0.29, 0.717) is 11.4 Å². The first-order chi connectivity index (χ1) is 12.2. The zero-order chi connectivity index (χ0) is 19.9. The van der Waals surface area contributed by atoms with E-state index in [1.54, 1.807) is 36.4 Å². The molecule has 2 aromatic rings. The van der Waals surface area contributed by atoms with Crippen LogP contribution in [0.3, 0.4) is 0 Å². The van der Waals surface area contributed by atoms with Gasteiger partial charge in [0, 0.05) is 12.4 Å². The lowest BCUT2D eigenvalue weighted by molar-refractivity contribution is -0.143. The molecule has 0 aliphatic carbocycles. The molecule has 10 heteroatoms. The number of carbonyl (C=O) groups excluding carboxylic acids is 2. The summed E-state index contributed by atoms with van der Waals surface area (Å²) in [4.78, 5) is 47.4. The van der Waals surface area contributed by atoms with Crippen molar-refractivity contribution in [1.82, 2.24) is 9.97 Å². The molecule has 6 N–H and O–H groups in total. The molecule has 0 bridgehead atoms. The smallest absolute Gasteiger partial charge is 0.303 e. The zero-order valence-corrected chi connectivity index (χ0v) is 13.6. The number of aliphatic carboxylic acids is 2. The van der Waals surface area contributed by atoms with Crippen LogP contribution >= 0.6 is 0 Å². The summed E-state index contributed by atoms with van der Waals surface area (Å²) in [6.07, 6.45) is 2.46. The number of nitrogens with two attached hydrogens (primary N) is 2. The number of carboxylic acid groups (broad SMARTS) is 2. The second-order valence-electron chi connectivity index (χ2n) is 4.45. The van der Waals surface area contributed by atoms with E-state index in [2.05, 4.69) is 9.97 Å². The second kappa shape index (κ2) is 12.6. The second-order valence-corrected chi connectivity index (χ2v) is 4.45. The summed E-state index contributed by atoms with van der Waals surface area (Å²) in [6.45, 7) is 0. The van der Waals surface area contributed by atoms with Gasteiger partial charge in [0.15, 0.2) is 0 Å². The number of primary amides is 2. The van der Waals surface area contributed by atoms with Gasteiger partial charge in [-0.25, -0.2) is 0 Å². The third-order valence-electron chi connectivity index (χ3n) is 2.39. The molecule has 10 nitrogen and oxygen atoms in total. The molecule has 0 unspecified atom stereocenters. The fourth-order valence-corrected chi connectivity index (χ4v) is 1.23. The van der Waals surface area contributed by atoms with Crippen molar-refractivity contribution in [3.05, 3.63) is 60.2 Å². The standard InChI is InChI=1S/2C6H6N2O.C4H6O4/c2*7-6(9)5-3-1-2-4-8-5;5-3(6)1-2-4(7)8/h2*1-4H,(H2,7,9);1-2H2,(H,5,6)(H,7,8). The average Bonchev–Trinajstić information content (AvgIpc) is 2.62. The van der Waals surface area contributed by atoms with Gasteiger partial charge in [-0.2, -0.15) is 0 Å². The summed E-state index contributed by atoms with van der Waals surface area (Å²) in [5.41, 5.74) is 10.4. The summed E-state index contributed by atoms with van der Waals surface area (Å²) in [6, 6.07) is 10.0. The minimum atomic E-state index is -1.08. The van der Waals surface area contributed by atoms with Crippen molar-refractivity contribution < 1.29 is 29.4 Å². The van der Waals surface area contributed by atoms with Crippen molar-refractivity contribution in [3.63, 3.8) is 0 Å². The lowest BCUT2D eigenvalue weighted by Gasteiger charge is -1.88. The first-order valence-corrected chi connectivity index (χ1v) is 7.09. The number of aromatic nitrogens is 2. The van der Waals surface area contributed by atoms with Crippen LogP contribution in [0.5, 0.6) is 0 Å². The number of amides is 2. The van der Waals surface area contributed by atoms with Crippen LogP contribution in [0.15, 0.2) is 48.8 Å². The van der Waals surface area contributed by atoms with Crippen molar-refractivity contribution in [2.75, 3.05) is 0 Å². The lowest BCUT2D eigenvalue weighted by Crippen LogP contribution is -2.12. The maximum atomic E-state index is 10.4. The van der Waals surface area contributed by atoms with Gasteiger partial charge in [0.25, 0.3) is 11.8 Å². The number of carbonyl (C=O) groups is 4. The zero-order valence-electron chi connectivity index (χ0n) is 13.6. The molecule has 0 fully saturated rings. The van der Waals surface area contributed by atoms with Crippen LogP contribution in [0.25, 0.3) is 0 Å². The maximum absolute atomic E-state index is 10.4. The normalized spacial score (nSPS) is 8.77. The first-order valence-electron chi connectivity index (χ1n) is 7.09. The van der Waals surface area contributed by atoms with E-state index in [1.807, 2.05) is 0 Å². The third kappa shape index (κ3) is 11.7. The number of rotatable bonds is 5. The monoisotopic (exact) mass is 362 g/mol. The molecule has 0 aliphatic rings. The Morgan fingerprint density at radius 1 is 0.731 bits per heavy atom. The van der Waals surface area contributed by atoms with Gasteiger partial charge in [0.1, 0.15) is 11.4 Å². The molecule has 2 heterocycles. The van der Waals surface area contributed by atoms with Crippen LogP contribution in [0.4, 0.5) is 0 Å². The third-order valence-corrected chi connectivity index (χ3v) is 2.39. The van der Waals surface area contributed by atoms with Crippen LogP contribution in [0.2, 0.25) is 0 Å². The molecule has 0 atom stereocenters. The van der Waals surface area contributed by atoms with E-state index >= 15 is 0 Å². The molecule has 0 aliphatic heterocycles. The molecule has 2 aromatic heterocycles. The molecule has 0 saturated heterocycles. The number of nitrogens with zero attached hydrogens (tertiary/aromatic N) is 2. The van der Waals surface area contributed by atoms with Gasteiger partial charge in [-0.1, -0.05) is 12.1 Å². The van der Waals surface area contributed by atoms with Gasteiger partial charge >= 0.3 is 11.9 Å². The fraction of sp³-hybridized carbons (Fsp3) is 0.125. The highest BCUT2D eigenvalue weighted by atomic mass is 16.4. The number of pyridine rings is 2. The molecule has 2 rings (SSSR count). The van der Waals surface area contributed by atoms with Crippen molar-refractivity contribution in [1.29, 1.82) is 0 Å². The van der Waals surface area contributed by atoms with E-state index in [1.165, 1.54) is 12.4 Å². The highest BCUT2D eigenvalue weighted by molar-refractivity contribution is 5.90. The quantitative estimate of drug-likeness (QED) is 0.584. The van der Waals surface area contributed by atoms with Crippen molar-refractivity contribution in [2.24, 2.45) is 11.5 Å². The van der Waals surface area contributed by atoms with Crippen LogP contribution in [0.1, 0.15) is 33.8 Å². The molecule has 26 heavy (non-hydrogen) atoms. The Hall–Kier alpha value is -3.82. The summed E-state index contributed by atoms with van der Waals surface area (Å²) >= 11 is 0. The predicted molar refractivity (Wildman–Crippen MR) is 90.0 cm³/mol. The van der Waals surface area contributed by atoms with Gasteiger partial charge in [-0.15, -0.1) is 0 Å². The Morgan fingerprint density at radius 3 is 1.23 bits per heavy atom. The van der Waals surface area contributed by atoms with Gasteiger partial charge in [-0.05, 0) is 24.3 Å². The molecule has 138 valence electrons. The average molecular weight is 362 g/mol. The van der Waals surface area contributed by atoms with E-state index < -0.39 is 23.8 Å². The largest absolute Gasteiger partial charge is 0.481 e. The molecule has 2 amide bonds. The van der Waals surface area contributed by atoms with Crippen LogP contribution in [-0.2, 0) is 9.59 Å². The summed E-state index contributed by atoms with van der Waals surface area (Å²) in [5, 5.41) is 15.8. The first kappa shape index (κ1) is 22.2. The Kier molecular flexibility index (Phi) is 10.7. The van der Waals surface area contributed by atoms with Gasteiger partial charge in [-0.3, -0.25) is 29.1 Å². The van der Waals surface area contributed by atoms with Gasteiger partial charge < -0.3 is 21.7 Å². The van der Waals surface area contributed by atoms with E-state index in [9.17, 15) is 19.2 Å². The predicted octanol–water partition coefficient (Wildman–Crippen LogP) is 0.297. The Morgan fingerprint density at radius 2 is 1.08 bits per heavy atom. The fourth-order valence-electron chi connectivity index (χ4n) is 1.23. The summed E-state index contributed by atoms with van der Waals surface area (Å²) in [7, 11) is 0. The number of hydrogen-bond acceptors (Lipinski definition) is 6. The Labute approximate surface area is 148 Å². The topological polar surface area (TPSA) is 187 Å². The van der Waals surface area contributed by atoms with E-state index in [-0.39, 0.29) is 12.8 Å². The molecular weight excluding hydrogens is 344 g/mol. The van der Waals surface area contributed by atoms with Crippen LogP contribution in [-0.4, -0.2) is 43.9 Å². The highest BCUT2D eigenvalue weighted by Crippen LogP contribution is 1.89. The number of carboxylic acids is 2. The molecule has 0 aromatic carbocycles. The van der Waals surface area contributed by atoms with Gasteiger partial charge in [0.2, 0.25) is 0 Å². The maximum Gasteiger partial charge on any atom is 0.303 e. The summed E-state index contributed by atoms with van der Waals surface area (Å²) < 4.78 is 0.